The number of hydrogen-bond donors (Lipinski definition) is 4. The molecule has 11 heteroatoms. The maximum atomic E-state index is 13.9. The van der Waals surface area contributed by atoms with Crippen molar-refractivity contribution in [2.75, 3.05) is 11.1 Å². The molecule has 6 N–H and O–H groups in total. The molecule has 10 nitrogen and oxygen atoms in total. The van der Waals surface area contributed by atoms with Crippen LogP contribution in [0, 0.1) is 5.82 Å². The van der Waals surface area contributed by atoms with Gasteiger partial charge in [0.2, 0.25) is 17.7 Å². The summed E-state index contributed by atoms with van der Waals surface area (Å²) in [5.41, 5.74) is 10.2. The molecule has 2 aromatic heterocycles. The van der Waals surface area contributed by atoms with Crippen LogP contribution in [-0.2, 0) is 21.5 Å². The molecular weight excluding hydrogens is 381 g/mol. The highest BCUT2D eigenvalue weighted by atomic mass is 19.1. The number of rotatable bonds is 4. The van der Waals surface area contributed by atoms with Crippen LogP contribution < -0.4 is 16.8 Å². The fourth-order valence-electron chi connectivity index (χ4n) is 3.18. The van der Waals surface area contributed by atoms with Crippen LogP contribution in [0.3, 0.4) is 0 Å². The Bertz CT molecular complexity index is 1180. The SMILES string of the molecule is CC1(C(N)=O)C(=O)Nc2nc(-c3cc(O)n(Cc4ccccc4F)n3)nc(N)c21. The monoisotopic (exact) mass is 397 g/mol. The zero-order valence-corrected chi connectivity index (χ0v) is 15.2. The highest BCUT2D eigenvalue weighted by Crippen LogP contribution is 2.40. The van der Waals surface area contributed by atoms with Crippen molar-refractivity contribution in [2.45, 2.75) is 18.9 Å². The summed E-state index contributed by atoms with van der Waals surface area (Å²) >= 11 is 0. The van der Waals surface area contributed by atoms with Crippen LogP contribution in [-0.4, -0.2) is 36.7 Å². The molecule has 0 fully saturated rings. The molecule has 1 aliphatic rings. The number of nitrogens with zero attached hydrogens (tertiary/aromatic N) is 4. The number of carbonyl (C=O) groups excluding carboxylic acids is 2. The number of halogens is 1. The smallest absolute Gasteiger partial charge is 0.245 e. The van der Waals surface area contributed by atoms with E-state index in [4.69, 9.17) is 11.5 Å². The van der Waals surface area contributed by atoms with Crippen LogP contribution in [0.2, 0.25) is 0 Å². The number of amides is 2. The van der Waals surface area contributed by atoms with E-state index >= 15 is 0 Å². The Kier molecular flexibility index (Phi) is 3.96. The average molecular weight is 397 g/mol. The number of primary amides is 1. The van der Waals surface area contributed by atoms with Gasteiger partial charge in [-0.25, -0.2) is 19.0 Å². The van der Waals surface area contributed by atoms with Crippen LogP contribution in [0.1, 0.15) is 18.1 Å². The fraction of sp³-hybridized carbons (Fsp3) is 0.167. The first-order valence-electron chi connectivity index (χ1n) is 8.51. The molecule has 3 aromatic rings. The van der Waals surface area contributed by atoms with Crippen molar-refractivity contribution in [3.05, 3.63) is 47.3 Å². The minimum Gasteiger partial charge on any atom is -0.493 e. The number of hydrogen-bond acceptors (Lipinski definition) is 7. The number of fused-ring (bicyclic) bond motifs is 1. The highest BCUT2D eigenvalue weighted by molar-refractivity contribution is 6.20. The molecule has 1 aliphatic heterocycles. The van der Waals surface area contributed by atoms with E-state index in [2.05, 4.69) is 20.4 Å². The summed E-state index contributed by atoms with van der Waals surface area (Å²) < 4.78 is 15.0. The summed E-state index contributed by atoms with van der Waals surface area (Å²) in [7, 11) is 0. The Labute approximate surface area is 163 Å². The van der Waals surface area contributed by atoms with Crippen molar-refractivity contribution in [1.29, 1.82) is 0 Å². The zero-order chi connectivity index (χ0) is 20.9. The third-order valence-corrected chi connectivity index (χ3v) is 4.88. The Balaban J connectivity index is 1.74. The predicted octanol–water partition coefficient (Wildman–Crippen LogP) is 0.510. The molecule has 1 atom stereocenters. The second-order valence-electron chi connectivity index (χ2n) is 6.74. The number of carbonyl (C=O) groups is 2. The van der Waals surface area contributed by atoms with Crippen molar-refractivity contribution in [2.24, 2.45) is 5.73 Å². The van der Waals surface area contributed by atoms with Crippen LogP contribution in [0.15, 0.2) is 30.3 Å². The van der Waals surface area contributed by atoms with Gasteiger partial charge in [-0.05, 0) is 13.0 Å². The molecule has 0 aliphatic carbocycles. The van der Waals surface area contributed by atoms with Crippen LogP contribution in [0.25, 0.3) is 11.5 Å². The van der Waals surface area contributed by atoms with Crippen LogP contribution in [0.4, 0.5) is 16.0 Å². The number of nitrogen functional groups attached to an aromatic ring is 1. The van der Waals surface area contributed by atoms with E-state index in [1.807, 2.05) is 0 Å². The molecule has 4 rings (SSSR count). The summed E-state index contributed by atoms with van der Waals surface area (Å²) in [6, 6.07) is 7.39. The van der Waals surface area contributed by atoms with Gasteiger partial charge in [-0.15, -0.1) is 0 Å². The number of aromatic hydroxyl groups is 1. The van der Waals surface area contributed by atoms with Crippen LogP contribution in [0.5, 0.6) is 5.88 Å². The molecule has 1 unspecified atom stereocenters. The minimum absolute atomic E-state index is 0.0119. The summed E-state index contributed by atoms with van der Waals surface area (Å²) in [6.45, 7) is 1.32. The lowest BCUT2D eigenvalue weighted by Crippen LogP contribution is -2.44. The summed E-state index contributed by atoms with van der Waals surface area (Å²) in [4.78, 5) is 32.4. The molecule has 29 heavy (non-hydrogen) atoms. The van der Waals surface area contributed by atoms with Crippen molar-refractivity contribution in [3.8, 4) is 17.4 Å². The molecule has 2 amide bonds. The molecule has 0 saturated heterocycles. The lowest BCUT2D eigenvalue weighted by molar-refractivity contribution is -0.131. The van der Waals surface area contributed by atoms with Crippen molar-refractivity contribution in [1.82, 2.24) is 19.7 Å². The molecule has 0 bridgehead atoms. The second-order valence-corrected chi connectivity index (χ2v) is 6.74. The number of anilines is 2. The van der Waals surface area contributed by atoms with Gasteiger partial charge in [-0.2, -0.15) is 5.10 Å². The standard InChI is InChI=1S/C18H16FN7O3/c1-18(16(21)28)12-13(20)22-14(23-15(12)24-17(18)29)10-6-11(27)26(25-10)7-8-4-2-3-5-9(8)19/h2-6,27H,7H2,1H3,(H2,21,28)(H3,20,22,23,24,29). The largest absolute Gasteiger partial charge is 0.493 e. The summed E-state index contributed by atoms with van der Waals surface area (Å²) in [5, 5.41) is 16.8. The van der Waals surface area contributed by atoms with Crippen molar-refractivity contribution >= 4 is 23.5 Å². The summed E-state index contributed by atoms with van der Waals surface area (Å²) in [5.74, 6) is -2.28. The van der Waals surface area contributed by atoms with E-state index in [-0.39, 0.29) is 41.1 Å². The highest BCUT2D eigenvalue weighted by Gasteiger charge is 2.51. The molecular formula is C18H16FN7O3. The van der Waals surface area contributed by atoms with Gasteiger partial charge in [0.1, 0.15) is 23.1 Å². The zero-order valence-electron chi connectivity index (χ0n) is 15.2. The number of aromatic nitrogens is 4. The average Bonchev–Trinajstić information content (AvgIpc) is 3.15. The Morgan fingerprint density at radius 2 is 2.07 bits per heavy atom. The molecule has 0 spiro atoms. The van der Waals surface area contributed by atoms with Crippen molar-refractivity contribution in [3.63, 3.8) is 0 Å². The van der Waals surface area contributed by atoms with E-state index in [0.29, 0.717) is 5.56 Å². The normalized spacial score (nSPS) is 17.8. The van der Waals surface area contributed by atoms with E-state index in [9.17, 15) is 19.1 Å². The number of nitrogens with one attached hydrogen (secondary N) is 1. The molecule has 3 heterocycles. The van der Waals surface area contributed by atoms with Crippen LogP contribution >= 0.6 is 0 Å². The van der Waals surface area contributed by atoms with Gasteiger partial charge >= 0.3 is 0 Å². The second kappa shape index (κ2) is 6.26. The molecule has 0 radical (unpaired) electrons. The molecule has 1 aromatic carbocycles. The van der Waals surface area contributed by atoms with Gasteiger partial charge in [-0.1, -0.05) is 18.2 Å². The third kappa shape index (κ3) is 2.74. The van der Waals surface area contributed by atoms with E-state index < -0.39 is 23.0 Å². The summed E-state index contributed by atoms with van der Waals surface area (Å²) in [6.07, 6.45) is 0. The van der Waals surface area contributed by atoms with E-state index in [1.54, 1.807) is 18.2 Å². The lowest BCUT2D eigenvalue weighted by atomic mass is 9.84. The first-order chi connectivity index (χ1) is 13.7. The Morgan fingerprint density at radius 3 is 2.76 bits per heavy atom. The van der Waals surface area contributed by atoms with E-state index in [0.717, 1.165) is 0 Å². The van der Waals surface area contributed by atoms with Gasteiger partial charge in [-0.3, -0.25) is 9.59 Å². The number of benzene rings is 1. The van der Waals surface area contributed by atoms with E-state index in [1.165, 1.54) is 23.7 Å². The van der Waals surface area contributed by atoms with Gasteiger partial charge in [0, 0.05) is 11.6 Å². The topological polar surface area (TPSA) is 162 Å². The van der Waals surface area contributed by atoms with Gasteiger partial charge in [0.05, 0.1) is 12.1 Å². The van der Waals surface area contributed by atoms with Crippen molar-refractivity contribution < 1.29 is 19.1 Å². The Hall–Kier alpha value is -4.02. The quantitative estimate of drug-likeness (QED) is 0.466. The van der Waals surface area contributed by atoms with Gasteiger partial charge in [0.25, 0.3) is 0 Å². The number of nitrogens with two attached hydrogens (primary N) is 2. The first-order valence-corrected chi connectivity index (χ1v) is 8.51. The Morgan fingerprint density at radius 1 is 1.34 bits per heavy atom. The molecule has 0 saturated carbocycles. The maximum absolute atomic E-state index is 13.9. The van der Waals surface area contributed by atoms with Gasteiger partial charge in [0.15, 0.2) is 11.2 Å². The maximum Gasteiger partial charge on any atom is 0.245 e. The van der Waals surface area contributed by atoms with Gasteiger partial charge < -0.3 is 21.9 Å². The first kappa shape index (κ1) is 18.3. The molecule has 148 valence electrons. The minimum atomic E-state index is -1.69. The predicted molar refractivity (Wildman–Crippen MR) is 100 cm³/mol. The lowest BCUT2D eigenvalue weighted by Gasteiger charge is -2.18. The third-order valence-electron chi connectivity index (χ3n) is 4.88. The fourth-order valence-corrected chi connectivity index (χ4v) is 3.18.